The van der Waals surface area contributed by atoms with Crippen LogP contribution in [0.3, 0.4) is 0 Å². The Balaban J connectivity index is 0.000000224. The summed E-state index contributed by atoms with van der Waals surface area (Å²) < 4.78 is 4.55. The summed E-state index contributed by atoms with van der Waals surface area (Å²) in [5.41, 5.74) is 2.18. The summed E-state index contributed by atoms with van der Waals surface area (Å²) in [5, 5.41) is 3.09. The predicted molar refractivity (Wildman–Crippen MR) is 79.2 cm³/mol. The minimum absolute atomic E-state index is 0.318. The molecule has 2 aromatic rings. The summed E-state index contributed by atoms with van der Waals surface area (Å²) in [6, 6.07) is 8.40. The van der Waals surface area contributed by atoms with Gasteiger partial charge in [-0.25, -0.2) is 4.98 Å². The van der Waals surface area contributed by atoms with Gasteiger partial charge in [0.25, 0.3) is 6.47 Å². The third kappa shape index (κ3) is 6.15. The number of benzene rings is 1. The summed E-state index contributed by atoms with van der Waals surface area (Å²) in [6.45, 7) is 8.02. The second kappa shape index (κ2) is 7.04. The molecule has 0 aliphatic carbocycles. The van der Waals surface area contributed by atoms with Gasteiger partial charge >= 0.3 is 0 Å². The number of rotatable bonds is 2. The topological polar surface area (TPSA) is 39.2 Å². The Morgan fingerprint density at radius 3 is 2.47 bits per heavy atom. The number of carbonyl (C=O) groups is 1. The van der Waals surface area contributed by atoms with Gasteiger partial charge in [-0.1, -0.05) is 23.8 Å². The Labute approximate surface area is 118 Å². The number of hydrogen-bond acceptors (Lipinski definition) is 4. The number of nitrogens with zero attached hydrogens (tertiary/aromatic N) is 1. The largest absolute Gasteiger partial charge is 0.462 e. The van der Waals surface area contributed by atoms with Crippen molar-refractivity contribution in [3.8, 4) is 10.6 Å². The molecule has 0 radical (unpaired) electrons. The number of ether oxygens (including phenoxy) is 1. The average molecular weight is 277 g/mol. The van der Waals surface area contributed by atoms with E-state index in [1.165, 1.54) is 11.1 Å². The van der Waals surface area contributed by atoms with Crippen LogP contribution in [0.4, 0.5) is 0 Å². The first kappa shape index (κ1) is 15.4. The zero-order valence-electron chi connectivity index (χ0n) is 11.7. The van der Waals surface area contributed by atoms with Gasteiger partial charge in [-0.05, 0) is 33.8 Å². The molecule has 0 amide bonds. The third-order valence-electron chi connectivity index (χ3n) is 2.10. The molecule has 0 aliphatic rings. The molecule has 1 aromatic heterocycles. The number of carbonyl (C=O) groups excluding carboxylic acids is 1. The molecule has 102 valence electrons. The zero-order chi connectivity index (χ0) is 14.3. The fraction of sp³-hybridized carbons (Fsp3) is 0.333. The van der Waals surface area contributed by atoms with Gasteiger partial charge in [-0.2, -0.15) is 0 Å². The van der Waals surface area contributed by atoms with E-state index >= 15 is 0 Å². The monoisotopic (exact) mass is 277 g/mol. The summed E-state index contributed by atoms with van der Waals surface area (Å²) >= 11 is 1.67. The molecule has 0 spiro atoms. The first-order valence-electron chi connectivity index (χ1n) is 6.00. The quantitative estimate of drug-likeness (QED) is 0.777. The number of aryl methyl sites for hydroxylation is 1. The molecule has 0 bridgehead atoms. The maximum atomic E-state index is 9.60. The Morgan fingerprint density at radius 2 is 2.05 bits per heavy atom. The van der Waals surface area contributed by atoms with Crippen molar-refractivity contribution >= 4 is 17.8 Å². The van der Waals surface area contributed by atoms with Crippen molar-refractivity contribution < 1.29 is 9.53 Å². The lowest BCUT2D eigenvalue weighted by atomic mass is 10.1. The average Bonchev–Trinajstić information content (AvgIpc) is 2.81. The highest BCUT2D eigenvalue weighted by molar-refractivity contribution is 7.13. The van der Waals surface area contributed by atoms with Crippen molar-refractivity contribution in [2.75, 3.05) is 0 Å². The molecule has 1 heterocycles. The summed E-state index contributed by atoms with van der Waals surface area (Å²) in [7, 11) is 0. The van der Waals surface area contributed by atoms with E-state index in [2.05, 4.69) is 40.9 Å². The van der Waals surface area contributed by atoms with E-state index in [1.807, 2.05) is 32.3 Å². The van der Waals surface area contributed by atoms with Gasteiger partial charge in [0.1, 0.15) is 10.6 Å². The Hall–Kier alpha value is -1.68. The maximum Gasteiger partial charge on any atom is 0.293 e. The first-order chi connectivity index (χ1) is 8.92. The molecule has 0 fully saturated rings. The van der Waals surface area contributed by atoms with Crippen LogP contribution in [0.1, 0.15) is 26.3 Å². The van der Waals surface area contributed by atoms with Gasteiger partial charge in [0.15, 0.2) is 0 Å². The predicted octanol–water partition coefficient (Wildman–Crippen LogP) is 4.08. The van der Waals surface area contributed by atoms with Crippen molar-refractivity contribution in [2.24, 2.45) is 0 Å². The lowest BCUT2D eigenvalue weighted by molar-refractivity contribution is -0.138. The Bertz CT molecular complexity index is 501. The van der Waals surface area contributed by atoms with E-state index in [9.17, 15) is 4.79 Å². The smallest absolute Gasteiger partial charge is 0.293 e. The van der Waals surface area contributed by atoms with Crippen LogP contribution in [0, 0.1) is 6.92 Å². The van der Waals surface area contributed by atoms with E-state index in [1.54, 1.807) is 11.3 Å². The SMILES string of the molecule is CC(C)(C)OC=O.Cc1cccc(-c2nccs2)c1. The minimum atomic E-state index is -0.318. The molecule has 0 saturated carbocycles. The molecule has 0 unspecified atom stereocenters. The Morgan fingerprint density at radius 1 is 1.32 bits per heavy atom. The van der Waals surface area contributed by atoms with Crippen LogP contribution in [-0.4, -0.2) is 17.1 Å². The molecule has 4 heteroatoms. The molecule has 0 saturated heterocycles. The van der Waals surface area contributed by atoms with E-state index < -0.39 is 0 Å². The molecule has 0 aliphatic heterocycles. The van der Waals surface area contributed by atoms with Crippen molar-refractivity contribution in [2.45, 2.75) is 33.3 Å². The molecular weight excluding hydrogens is 258 g/mol. The van der Waals surface area contributed by atoms with Crippen LogP contribution >= 0.6 is 11.3 Å². The normalized spacial score (nSPS) is 10.3. The second-order valence-corrected chi connectivity index (χ2v) is 5.93. The molecule has 19 heavy (non-hydrogen) atoms. The van der Waals surface area contributed by atoms with E-state index in [0.29, 0.717) is 6.47 Å². The van der Waals surface area contributed by atoms with Crippen molar-refractivity contribution in [1.82, 2.24) is 4.98 Å². The zero-order valence-corrected chi connectivity index (χ0v) is 12.5. The highest BCUT2D eigenvalue weighted by Crippen LogP contribution is 2.21. The molecule has 3 nitrogen and oxygen atoms in total. The van der Waals surface area contributed by atoms with Gasteiger partial charge in [0, 0.05) is 17.1 Å². The molecular formula is C15H19NO2S. The Kier molecular flexibility index (Phi) is 5.70. The van der Waals surface area contributed by atoms with Crippen LogP contribution < -0.4 is 0 Å². The number of thiazole rings is 1. The summed E-state index contributed by atoms with van der Waals surface area (Å²) in [6.07, 6.45) is 1.84. The lowest BCUT2D eigenvalue weighted by Gasteiger charge is -2.14. The van der Waals surface area contributed by atoms with Crippen LogP contribution in [0.15, 0.2) is 35.8 Å². The number of aromatic nitrogens is 1. The molecule has 1 aromatic carbocycles. The standard InChI is InChI=1S/C10H9NS.C5H10O2/c1-8-3-2-4-9(7-8)10-11-5-6-12-10;1-5(2,3)7-4-6/h2-7H,1H3;4H,1-3H3. The van der Waals surface area contributed by atoms with Gasteiger partial charge in [0.2, 0.25) is 0 Å². The van der Waals surface area contributed by atoms with Gasteiger partial charge in [0.05, 0.1) is 0 Å². The molecule has 0 N–H and O–H groups in total. The lowest BCUT2D eigenvalue weighted by Crippen LogP contribution is -2.17. The van der Waals surface area contributed by atoms with E-state index in [-0.39, 0.29) is 5.60 Å². The van der Waals surface area contributed by atoms with Crippen molar-refractivity contribution in [3.05, 3.63) is 41.4 Å². The van der Waals surface area contributed by atoms with Crippen LogP contribution in [0.25, 0.3) is 10.6 Å². The highest BCUT2D eigenvalue weighted by Gasteiger charge is 2.07. The third-order valence-corrected chi connectivity index (χ3v) is 2.92. The highest BCUT2D eigenvalue weighted by atomic mass is 32.1. The fourth-order valence-corrected chi connectivity index (χ4v) is 1.92. The van der Waals surface area contributed by atoms with Crippen LogP contribution in [0.2, 0.25) is 0 Å². The van der Waals surface area contributed by atoms with E-state index in [0.717, 1.165) is 5.01 Å². The second-order valence-electron chi connectivity index (χ2n) is 5.03. The first-order valence-corrected chi connectivity index (χ1v) is 6.88. The fourth-order valence-electron chi connectivity index (χ4n) is 1.29. The van der Waals surface area contributed by atoms with Crippen LogP contribution in [-0.2, 0) is 9.53 Å². The summed E-state index contributed by atoms with van der Waals surface area (Å²) in [4.78, 5) is 13.8. The van der Waals surface area contributed by atoms with Crippen molar-refractivity contribution in [1.29, 1.82) is 0 Å². The molecule has 2 rings (SSSR count). The van der Waals surface area contributed by atoms with Gasteiger partial charge in [-0.3, -0.25) is 4.79 Å². The number of hydrogen-bond donors (Lipinski definition) is 0. The van der Waals surface area contributed by atoms with Gasteiger partial charge in [-0.15, -0.1) is 11.3 Å². The van der Waals surface area contributed by atoms with Crippen LogP contribution in [0.5, 0.6) is 0 Å². The van der Waals surface area contributed by atoms with E-state index in [4.69, 9.17) is 0 Å². The van der Waals surface area contributed by atoms with Crippen molar-refractivity contribution in [3.63, 3.8) is 0 Å². The molecule has 0 atom stereocenters. The maximum absolute atomic E-state index is 9.60. The minimum Gasteiger partial charge on any atom is -0.462 e. The summed E-state index contributed by atoms with van der Waals surface area (Å²) in [5.74, 6) is 0. The van der Waals surface area contributed by atoms with Gasteiger partial charge < -0.3 is 4.74 Å².